The standard InChI is InChI=1S/C18H19NO4S/c1-23-14-11-15(12-6-3-2-4-7-12)24-17(14)18(22)19-9-5-8-13(19)10-16(20)21/h2-4,6-7,11,13H,5,8-10H2,1H3,(H,20,21). The number of carboxylic acids is 1. The van der Waals surface area contributed by atoms with Crippen molar-refractivity contribution in [2.45, 2.75) is 25.3 Å². The van der Waals surface area contributed by atoms with Crippen LogP contribution in [0.15, 0.2) is 36.4 Å². The number of carbonyl (C=O) groups is 2. The molecule has 24 heavy (non-hydrogen) atoms. The molecular weight excluding hydrogens is 326 g/mol. The fourth-order valence-electron chi connectivity index (χ4n) is 3.07. The number of thiophene rings is 1. The fourth-order valence-corrected chi connectivity index (χ4v) is 4.15. The number of benzene rings is 1. The van der Waals surface area contributed by atoms with Crippen molar-refractivity contribution >= 4 is 23.2 Å². The summed E-state index contributed by atoms with van der Waals surface area (Å²) in [4.78, 5) is 27.1. The highest BCUT2D eigenvalue weighted by atomic mass is 32.1. The van der Waals surface area contributed by atoms with Crippen LogP contribution in [0.25, 0.3) is 10.4 Å². The number of methoxy groups -OCH3 is 1. The molecular formula is C18H19NO4S. The smallest absolute Gasteiger partial charge is 0.305 e. The van der Waals surface area contributed by atoms with E-state index in [9.17, 15) is 9.59 Å². The van der Waals surface area contributed by atoms with Crippen molar-refractivity contribution in [3.8, 4) is 16.2 Å². The van der Waals surface area contributed by atoms with Gasteiger partial charge in [0.05, 0.1) is 13.5 Å². The SMILES string of the molecule is COc1cc(-c2ccccc2)sc1C(=O)N1CCCC1CC(=O)O. The Hall–Kier alpha value is -2.34. The predicted octanol–water partition coefficient (Wildman–Crippen LogP) is 3.50. The van der Waals surface area contributed by atoms with E-state index in [1.165, 1.54) is 11.3 Å². The number of ether oxygens (including phenoxy) is 1. The second-order valence-electron chi connectivity index (χ2n) is 5.77. The molecule has 0 bridgehead atoms. The van der Waals surface area contributed by atoms with Crippen LogP contribution in [0.2, 0.25) is 0 Å². The van der Waals surface area contributed by atoms with Gasteiger partial charge in [0, 0.05) is 17.5 Å². The average molecular weight is 345 g/mol. The molecule has 0 aliphatic carbocycles. The maximum absolute atomic E-state index is 12.9. The molecule has 5 nitrogen and oxygen atoms in total. The molecule has 6 heteroatoms. The Morgan fingerprint density at radius 1 is 1.33 bits per heavy atom. The zero-order chi connectivity index (χ0) is 17.1. The predicted molar refractivity (Wildman–Crippen MR) is 92.6 cm³/mol. The quantitative estimate of drug-likeness (QED) is 0.900. The second kappa shape index (κ2) is 7.05. The van der Waals surface area contributed by atoms with Crippen LogP contribution < -0.4 is 4.74 Å². The van der Waals surface area contributed by atoms with Crippen LogP contribution in [0.4, 0.5) is 0 Å². The molecule has 1 aliphatic rings. The summed E-state index contributed by atoms with van der Waals surface area (Å²) in [5, 5.41) is 9.04. The van der Waals surface area contributed by atoms with Crippen LogP contribution in [0, 0.1) is 0 Å². The van der Waals surface area contributed by atoms with Gasteiger partial charge in [0.15, 0.2) is 0 Å². The van der Waals surface area contributed by atoms with Gasteiger partial charge in [-0.3, -0.25) is 9.59 Å². The number of rotatable bonds is 5. The minimum absolute atomic E-state index is 0.00896. The van der Waals surface area contributed by atoms with Crippen molar-refractivity contribution in [1.29, 1.82) is 0 Å². The Labute approximate surface area is 144 Å². The van der Waals surface area contributed by atoms with Gasteiger partial charge >= 0.3 is 5.97 Å². The molecule has 1 N–H and O–H groups in total. The molecule has 126 valence electrons. The van der Waals surface area contributed by atoms with Crippen molar-refractivity contribution in [2.24, 2.45) is 0 Å². The van der Waals surface area contributed by atoms with Gasteiger partial charge in [0.25, 0.3) is 5.91 Å². The summed E-state index contributed by atoms with van der Waals surface area (Å²) < 4.78 is 5.39. The summed E-state index contributed by atoms with van der Waals surface area (Å²) in [6.45, 7) is 0.596. The molecule has 1 aliphatic heterocycles. The van der Waals surface area contributed by atoms with Crippen LogP contribution >= 0.6 is 11.3 Å². The van der Waals surface area contributed by atoms with E-state index in [0.717, 1.165) is 23.3 Å². The molecule has 1 atom stereocenters. The van der Waals surface area contributed by atoms with Gasteiger partial charge in [0.2, 0.25) is 0 Å². The van der Waals surface area contributed by atoms with E-state index in [0.29, 0.717) is 17.2 Å². The number of nitrogens with zero attached hydrogens (tertiary/aromatic N) is 1. The van der Waals surface area contributed by atoms with Crippen LogP contribution in [-0.4, -0.2) is 41.6 Å². The number of hydrogen-bond acceptors (Lipinski definition) is 4. The Kier molecular flexibility index (Phi) is 4.85. The summed E-state index contributed by atoms with van der Waals surface area (Å²) in [6, 6.07) is 11.5. The Morgan fingerprint density at radius 2 is 2.08 bits per heavy atom. The first-order valence-electron chi connectivity index (χ1n) is 7.86. The lowest BCUT2D eigenvalue weighted by Gasteiger charge is -2.23. The molecule has 0 saturated carbocycles. The van der Waals surface area contributed by atoms with Crippen LogP contribution in [0.3, 0.4) is 0 Å². The summed E-state index contributed by atoms with van der Waals surface area (Å²) >= 11 is 1.39. The zero-order valence-corrected chi connectivity index (χ0v) is 14.2. The normalized spacial score (nSPS) is 17.0. The summed E-state index contributed by atoms with van der Waals surface area (Å²) in [7, 11) is 1.55. The molecule has 1 aromatic carbocycles. The van der Waals surface area contributed by atoms with E-state index in [2.05, 4.69) is 0 Å². The van der Waals surface area contributed by atoms with Crippen LogP contribution in [-0.2, 0) is 4.79 Å². The summed E-state index contributed by atoms with van der Waals surface area (Å²) in [6.07, 6.45) is 1.56. The number of carboxylic acid groups (broad SMARTS) is 1. The zero-order valence-electron chi connectivity index (χ0n) is 13.4. The third-order valence-corrected chi connectivity index (χ3v) is 5.37. The van der Waals surface area contributed by atoms with Gasteiger partial charge in [-0.05, 0) is 24.5 Å². The lowest BCUT2D eigenvalue weighted by atomic mass is 10.1. The number of aliphatic carboxylic acids is 1. The number of amides is 1. The van der Waals surface area contributed by atoms with E-state index in [4.69, 9.17) is 9.84 Å². The van der Waals surface area contributed by atoms with Crippen molar-refractivity contribution in [3.05, 3.63) is 41.3 Å². The van der Waals surface area contributed by atoms with E-state index in [1.54, 1.807) is 12.0 Å². The van der Waals surface area contributed by atoms with Crippen molar-refractivity contribution in [1.82, 2.24) is 4.90 Å². The van der Waals surface area contributed by atoms with Gasteiger partial charge in [-0.15, -0.1) is 11.3 Å². The molecule has 1 amide bonds. The van der Waals surface area contributed by atoms with Crippen molar-refractivity contribution in [2.75, 3.05) is 13.7 Å². The molecule has 2 aromatic rings. The fraction of sp³-hybridized carbons (Fsp3) is 0.333. The number of likely N-dealkylation sites (tertiary alicyclic amines) is 1. The number of hydrogen-bond donors (Lipinski definition) is 1. The third-order valence-electron chi connectivity index (χ3n) is 4.22. The Morgan fingerprint density at radius 3 is 2.75 bits per heavy atom. The average Bonchev–Trinajstić information content (AvgIpc) is 3.21. The monoisotopic (exact) mass is 345 g/mol. The molecule has 1 aromatic heterocycles. The largest absolute Gasteiger partial charge is 0.495 e. The van der Waals surface area contributed by atoms with Crippen LogP contribution in [0.1, 0.15) is 28.9 Å². The van der Waals surface area contributed by atoms with E-state index in [1.807, 2.05) is 36.4 Å². The minimum atomic E-state index is -0.872. The Bertz CT molecular complexity index is 741. The third kappa shape index (κ3) is 3.28. The molecule has 2 heterocycles. The van der Waals surface area contributed by atoms with E-state index in [-0.39, 0.29) is 18.4 Å². The molecule has 3 rings (SSSR count). The van der Waals surface area contributed by atoms with Crippen LogP contribution in [0.5, 0.6) is 5.75 Å². The lowest BCUT2D eigenvalue weighted by molar-refractivity contribution is -0.137. The lowest BCUT2D eigenvalue weighted by Crippen LogP contribution is -2.36. The number of carbonyl (C=O) groups excluding carboxylic acids is 1. The topological polar surface area (TPSA) is 66.8 Å². The maximum atomic E-state index is 12.9. The molecule has 1 fully saturated rings. The highest BCUT2D eigenvalue weighted by Crippen LogP contribution is 2.38. The summed E-state index contributed by atoms with van der Waals surface area (Å²) in [5.41, 5.74) is 1.03. The molecule has 1 unspecified atom stereocenters. The van der Waals surface area contributed by atoms with Crippen molar-refractivity contribution < 1.29 is 19.4 Å². The maximum Gasteiger partial charge on any atom is 0.305 e. The van der Waals surface area contributed by atoms with Crippen molar-refractivity contribution in [3.63, 3.8) is 0 Å². The van der Waals surface area contributed by atoms with E-state index < -0.39 is 5.97 Å². The van der Waals surface area contributed by atoms with Gasteiger partial charge in [-0.2, -0.15) is 0 Å². The molecule has 0 radical (unpaired) electrons. The summed E-state index contributed by atoms with van der Waals surface area (Å²) in [5.74, 6) is -0.463. The molecule has 0 spiro atoms. The Balaban J connectivity index is 1.89. The van der Waals surface area contributed by atoms with Gasteiger partial charge in [-0.1, -0.05) is 30.3 Å². The highest BCUT2D eigenvalue weighted by Gasteiger charge is 2.33. The first kappa shape index (κ1) is 16.5. The first-order valence-corrected chi connectivity index (χ1v) is 8.68. The van der Waals surface area contributed by atoms with Gasteiger partial charge < -0.3 is 14.7 Å². The van der Waals surface area contributed by atoms with Gasteiger partial charge in [-0.25, -0.2) is 0 Å². The highest BCUT2D eigenvalue weighted by molar-refractivity contribution is 7.17. The molecule has 1 saturated heterocycles. The van der Waals surface area contributed by atoms with Gasteiger partial charge in [0.1, 0.15) is 10.6 Å². The first-order chi connectivity index (χ1) is 11.6. The minimum Gasteiger partial charge on any atom is -0.495 e. The second-order valence-corrected chi connectivity index (χ2v) is 6.82. The van der Waals surface area contributed by atoms with E-state index >= 15 is 0 Å².